The van der Waals surface area contributed by atoms with Gasteiger partial charge in [0.15, 0.2) is 0 Å². The van der Waals surface area contributed by atoms with Crippen molar-refractivity contribution in [3.05, 3.63) is 29.8 Å². The number of amides is 1. The Morgan fingerprint density at radius 3 is 2.29 bits per heavy atom. The molecule has 28 heavy (non-hydrogen) atoms. The fraction of sp³-hybridized carbons (Fsp3) is 0.579. The summed E-state index contributed by atoms with van der Waals surface area (Å²) in [6.45, 7) is 4.74. The number of ether oxygens (including phenoxy) is 2. The topological polar surface area (TPSA) is 93.2 Å². The van der Waals surface area contributed by atoms with Crippen LogP contribution in [-0.4, -0.2) is 74.5 Å². The number of rotatable bonds is 4. The maximum atomic E-state index is 12.9. The summed E-state index contributed by atoms with van der Waals surface area (Å²) in [6, 6.07) is 5.29. The van der Waals surface area contributed by atoms with Crippen LogP contribution in [0.15, 0.2) is 29.2 Å². The highest BCUT2D eigenvalue weighted by atomic mass is 32.2. The zero-order valence-electron chi connectivity index (χ0n) is 16.3. The number of morpholine rings is 1. The van der Waals surface area contributed by atoms with Crippen LogP contribution in [-0.2, 0) is 24.3 Å². The lowest BCUT2D eigenvalue weighted by atomic mass is 10.1. The summed E-state index contributed by atoms with van der Waals surface area (Å²) in [5, 5.41) is 0. The number of esters is 1. The average Bonchev–Trinajstić information content (AvgIpc) is 3.16. The molecule has 1 amide bonds. The number of carbonyl (C=O) groups excluding carboxylic acids is 2. The first-order valence-electron chi connectivity index (χ1n) is 9.38. The largest absolute Gasteiger partial charge is 0.467 e. The number of hydrogen-bond donors (Lipinski definition) is 0. The zero-order chi connectivity index (χ0) is 20.5. The molecule has 154 valence electrons. The van der Waals surface area contributed by atoms with Gasteiger partial charge in [-0.3, -0.25) is 4.79 Å². The molecule has 9 heteroatoms. The minimum atomic E-state index is -3.66. The molecule has 0 aromatic heterocycles. The maximum Gasteiger partial charge on any atom is 0.328 e. The first-order valence-corrected chi connectivity index (χ1v) is 10.8. The molecule has 0 N–H and O–H groups in total. The first-order chi connectivity index (χ1) is 13.2. The van der Waals surface area contributed by atoms with Crippen molar-refractivity contribution in [1.82, 2.24) is 9.21 Å². The van der Waals surface area contributed by atoms with Crippen LogP contribution >= 0.6 is 0 Å². The molecule has 0 aliphatic carbocycles. The van der Waals surface area contributed by atoms with Crippen molar-refractivity contribution in [3.8, 4) is 0 Å². The van der Waals surface area contributed by atoms with Gasteiger partial charge in [-0.15, -0.1) is 0 Å². The van der Waals surface area contributed by atoms with Gasteiger partial charge in [-0.2, -0.15) is 4.31 Å². The molecule has 3 rings (SSSR count). The molecule has 3 unspecified atom stereocenters. The quantitative estimate of drug-likeness (QED) is 0.694. The average molecular weight is 410 g/mol. The van der Waals surface area contributed by atoms with Gasteiger partial charge in [-0.05, 0) is 51.0 Å². The van der Waals surface area contributed by atoms with Gasteiger partial charge in [0.25, 0.3) is 5.91 Å². The lowest BCUT2D eigenvalue weighted by Crippen LogP contribution is -2.48. The van der Waals surface area contributed by atoms with Crippen LogP contribution in [0.3, 0.4) is 0 Å². The van der Waals surface area contributed by atoms with Crippen molar-refractivity contribution in [2.75, 3.05) is 26.7 Å². The Bertz CT molecular complexity index is 828. The second-order valence-electron chi connectivity index (χ2n) is 7.28. The molecular weight excluding hydrogens is 384 g/mol. The van der Waals surface area contributed by atoms with Gasteiger partial charge < -0.3 is 14.4 Å². The van der Waals surface area contributed by atoms with Crippen LogP contribution < -0.4 is 0 Å². The molecule has 2 aliphatic heterocycles. The predicted molar refractivity (Wildman–Crippen MR) is 101 cm³/mol. The number of methoxy groups -OCH3 is 1. The smallest absolute Gasteiger partial charge is 0.328 e. The van der Waals surface area contributed by atoms with Crippen LogP contribution in [0.2, 0.25) is 0 Å². The van der Waals surface area contributed by atoms with Crippen molar-refractivity contribution in [3.63, 3.8) is 0 Å². The van der Waals surface area contributed by atoms with Gasteiger partial charge >= 0.3 is 5.97 Å². The van der Waals surface area contributed by atoms with E-state index in [-0.39, 0.29) is 23.0 Å². The zero-order valence-corrected chi connectivity index (χ0v) is 17.1. The van der Waals surface area contributed by atoms with Crippen molar-refractivity contribution in [1.29, 1.82) is 0 Å². The molecule has 0 spiro atoms. The van der Waals surface area contributed by atoms with Crippen LogP contribution in [0, 0.1) is 0 Å². The van der Waals surface area contributed by atoms with Crippen molar-refractivity contribution < 1.29 is 27.5 Å². The Hall–Kier alpha value is -1.97. The summed E-state index contributed by atoms with van der Waals surface area (Å²) in [7, 11) is -2.36. The van der Waals surface area contributed by atoms with E-state index in [1.165, 1.54) is 40.6 Å². The third kappa shape index (κ3) is 4.06. The number of likely N-dealkylation sites (tertiary alicyclic amines) is 1. The highest BCUT2D eigenvalue weighted by Crippen LogP contribution is 2.24. The Labute approximate surface area is 165 Å². The first kappa shape index (κ1) is 20.8. The molecule has 0 radical (unpaired) electrons. The molecule has 2 fully saturated rings. The van der Waals surface area contributed by atoms with E-state index >= 15 is 0 Å². The highest BCUT2D eigenvalue weighted by molar-refractivity contribution is 7.89. The van der Waals surface area contributed by atoms with Crippen LogP contribution in [0.5, 0.6) is 0 Å². The SMILES string of the molecule is COC(=O)C1CCCN1C(=O)c1ccc(S(=O)(=O)N2CC(C)OC(C)C2)cc1. The summed E-state index contributed by atoms with van der Waals surface area (Å²) in [4.78, 5) is 26.3. The van der Waals surface area contributed by atoms with E-state index in [2.05, 4.69) is 0 Å². The van der Waals surface area contributed by atoms with Gasteiger partial charge in [0.05, 0.1) is 24.2 Å². The normalized spacial score (nSPS) is 26.2. The van der Waals surface area contributed by atoms with Gasteiger partial charge in [-0.1, -0.05) is 0 Å². The van der Waals surface area contributed by atoms with E-state index in [1.807, 2.05) is 13.8 Å². The summed E-state index contributed by atoms with van der Waals surface area (Å²) in [6.07, 6.45) is 0.943. The maximum absolute atomic E-state index is 12.9. The number of benzene rings is 1. The lowest BCUT2D eigenvalue weighted by molar-refractivity contribution is -0.145. The predicted octanol–water partition coefficient (Wildman–Crippen LogP) is 1.26. The van der Waals surface area contributed by atoms with Crippen LogP contribution in [0.25, 0.3) is 0 Å². The lowest BCUT2D eigenvalue weighted by Gasteiger charge is -2.34. The van der Waals surface area contributed by atoms with E-state index < -0.39 is 22.0 Å². The molecule has 0 saturated carbocycles. The van der Waals surface area contributed by atoms with E-state index in [1.54, 1.807) is 0 Å². The summed E-state index contributed by atoms with van der Waals surface area (Å²) in [5.41, 5.74) is 0.346. The van der Waals surface area contributed by atoms with Gasteiger partial charge in [0, 0.05) is 25.2 Å². The minimum absolute atomic E-state index is 0.135. The van der Waals surface area contributed by atoms with Crippen LogP contribution in [0.1, 0.15) is 37.0 Å². The van der Waals surface area contributed by atoms with E-state index in [9.17, 15) is 18.0 Å². The molecule has 1 aromatic carbocycles. The molecule has 2 heterocycles. The Kier molecular flexibility index (Phi) is 6.07. The Morgan fingerprint density at radius 1 is 1.11 bits per heavy atom. The molecule has 0 bridgehead atoms. The monoisotopic (exact) mass is 410 g/mol. The Morgan fingerprint density at radius 2 is 1.71 bits per heavy atom. The van der Waals surface area contributed by atoms with E-state index in [0.717, 1.165) is 6.42 Å². The third-order valence-electron chi connectivity index (χ3n) is 5.11. The van der Waals surface area contributed by atoms with E-state index in [0.29, 0.717) is 31.6 Å². The van der Waals surface area contributed by atoms with Gasteiger partial charge in [0.2, 0.25) is 10.0 Å². The third-order valence-corrected chi connectivity index (χ3v) is 6.96. The van der Waals surface area contributed by atoms with E-state index in [4.69, 9.17) is 9.47 Å². The van der Waals surface area contributed by atoms with Crippen molar-refractivity contribution >= 4 is 21.9 Å². The molecular formula is C19H26N2O6S. The van der Waals surface area contributed by atoms with Gasteiger partial charge in [-0.25, -0.2) is 13.2 Å². The second kappa shape index (κ2) is 8.18. The van der Waals surface area contributed by atoms with Gasteiger partial charge in [0.1, 0.15) is 6.04 Å². The molecule has 2 aliphatic rings. The number of nitrogens with zero attached hydrogens (tertiary/aromatic N) is 2. The molecule has 1 aromatic rings. The second-order valence-corrected chi connectivity index (χ2v) is 9.22. The van der Waals surface area contributed by atoms with Crippen molar-refractivity contribution in [2.45, 2.75) is 49.8 Å². The molecule has 3 atom stereocenters. The highest BCUT2D eigenvalue weighted by Gasteiger charge is 2.36. The number of carbonyl (C=O) groups is 2. The molecule has 8 nitrogen and oxygen atoms in total. The fourth-order valence-electron chi connectivity index (χ4n) is 3.80. The summed E-state index contributed by atoms with van der Waals surface area (Å²) >= 11 is 0. The summed E-state index contributed by atoms with van der Waals surface area (Å²) < 4.78 is 37.6. The standard InChI is InChI=1S/C19H26N2O6S/c1-13-11-20(12-14(2)27-13)28(24,25)16-8-6-15(7-9-16)18(22)21-10-4-5-17(21)19(23)26-3/h6-9,13-14,17H,4-5,10-12H2,1-3H3. The minimum Gasteiger partial charge on any atom is -0.467 e. The summed E-state index contributed by atoms with van der Waals surface area (Å²) in [5.74, 6) is -0.730. The van der Waals surface area contributed by atoms with Crippen LogP contribution in [0.4, 0.5) is 0 Å². The Balaban J connectivity index is 1.77. The fourth-order valence-corrected chi connectivity index (χ4v) is 5.39. The molecule has 2 saturated heterocycles. The number of hydrogen-bond acceptors (Lipinski definition) is 6. The van der Waals surface area contributed by atoms with Crippen molar-refractivity contribution in [2.24, 2.45) is 0 Å². The number of sulfonamides is 1.